The molecule has 0 fully saturated rings. The summed E-state index contributed by atoms with van der Waals surface area (Å²) in [6, 6.07) is 7.81. The first-order valence-corrected chi connectivity index (χ1v) is 7.38. The van der Waals surface area contributed by atoms with E-state index in [1.165, 1.54) is 19.1 Å². The highest BCUT2D eigenvalue weighted by atomic mass is 19.1. The second-order valence-electron chi connectivity index (χ2n) is 5.27. The number of fused-ring (bicyclic) bond motifs is 1. The molecule has 3 rings (SSSR count). The molecular weight excluding hydrogens is 313 g/mol. The molecule has 0 atom stereocenters. The number of rotatable bonds is 5. The standard InChI is InChI=1S/C17H16FN3O3/c1-11-15(10-23-12(2)22)21-17(20-11)16(7-8-19-21)24-9-13-3-5-14(18)6-4-13/h3-8H,9-10H2,1-2H3. The van der Waals surface area contributed by atoms with Gasteiger partial charge in [0.25, 0.3) is 0 Å². The van der Waals surface area contributed by atoms with E-state index in [1.807, 2.05) is 6.92 Å². The van der Waals surface area contributed by atoms with E-state index in [4.69, 9.17) is 9.47 Å². The highest BCUT2D eigenvalue weighted by Crippen LogP contribution is 2.22. The summed E-state index contributed by atoms with van der Waals surface area (Å²) in [5.41, 5.74) is 2.78. The van der Waals surface area contributed by atoms with E-state index in [0.717, 1.165) is 5.56 Å². The zero-order valence-electron chi connectivity index (χ0n) is 13.3. The normalized spacial score (nSPS) is 10.8. The van der Waals surface area contributed by atoms with Crippen molar-refractivity contribution in [3.8, 4) is 5.75 Å². The minimum absolute atomic E-state index is 0.0940. The van der Waals surface area contributed by atoms with Gasteiger partial charge in [-0.3, -0.25) is 4.79 Å². The number of halogens is 1. The molecule has 0 radical (unpaired) electrons. The third-order valence-electron chi connectivity index (χ3n) is 3.50. The van der Waals surface area contributed by atoms with Gasteiger partial charge in [0.2, 0.25) is 0 Å². The molecule has 3 aromatic rings. The lowest BCUT2D eigenvalue weighted by atomic mass is 10.2. The molecule has 0 bridgehead atoms. The van der Waals surface area contributed by atoms with Crippen molar-refractivity contribution < 1.29 is 18.7 Å². The zero-order valence-corrected chi connectivity index (χ0v) is 13.3. The SMILES string of the molecule is CC(=O)OCc1c(C)nc2c(OCc3ccc(F)cc3)ccnn12. The van der Waals surface area contributed by atoms with Crippen molar-refractivity contribution in [3.05, 3.63) is 59.3 Å². The molecule has 0 aliphatic carbocycles. The Morgan fingerprint density at radius 3 is 2.67 bits per heavy atom. The van der Waals surface area contributed by atoms with E-state index in [-0.39, 0.29) is 25.0 Å². The molecule has 0 spiro atoms. The molecule has 2 heterocycles. The second-order valence-corrected chi connectivity index (χ2v) is 5.27. The molecule has 24 heavy (non-hydrogen) atoms. The van der Waals surface area contributed by atoms with Crippen molar-refractivity contribution in [1.82, 2.24) is 14.6 Å². The predicted molar refractivity (Wildman–Crippen MR) is 83.9 cm³/mol. The first kappa shape index (κ1) is 15.9. The van der Waals surface area contributed by atoms with Crippen LogP contribution in [0.4, 0.5) is 4.39 Å². The van der Waals surface area contributed by atoms with E-state index >= 15 is 0 Å². The summed E-state index contributed by atoms with van der Waals surface area (Å²) in [6.07, 6.45) is 1.59. The van der Waals surface area contributed by atoms with Gasteiger partial charge in [0.15, 0.2) is 11.4 Å². The highest BCUT2D eigenvalue weighted by molar-refractivity contribution is 5.66. The highest BCUT2D eigenvalue weighted by Gasteiger charge is 2.15. The number of aryl methyl sites for hydroxylation is 1. The van der Waals surface area contributed by atoms with Gasteiger partial charge in [0.05, 0.1) is 11.9 Å². The second kappa shape index (κ2) is 6.66. The first-order valence-electron chi connectivity index (χ1n) is 7.38. The molecular formula is C17H16FN3O3. The predicted octanol–water partition coefficient (Wildman–Crippen LogP) is 2.82. The van der Waals surface area contributed by atoms with Crippen molar-refractivity contribution >= 4 is 11.6 Å². The number of hydrogen-bond donors (Lipinski definition) is 0. The van der Waals surface area contributed by atoms with Gasteiger partial charge in [-0.25, -0.2) is 13.9 Å². The van der Waals surface area contributed by atoms with Gasteiger partial charge in [-0.15, -0.1) is 0 Å². The molecule has 0 aliphatic rings. The molecule has 0 N–H and O–H groups in total. The minimum atomic E-state index is -0.368. The van der Waals surface area contributed by atoms with E-state index in [0.29, 0.717) is 22.8 Å². The number of imidazole rings is 1. The van der Waals surface area contributed by atoms with Crippen molar-refractivity contribution in [1.29, 1.82) is 0 Å². The molecule has 1 aromatic carbocycles. The fourth-order valence-electron chi connectivity index (χ4n) is 2.27. The van der Waals surface area contributed by atoms with Gasteiger partial charge in [-0.2, -0.15) is 5.10 Å². The number of nitrogens with zero attached hydrogens (tertiary/aromatic N) is 3. The van der Waals surface area contributed by atoms with Gasteiger partial charge >= 0.3 is 5.97 Å². The molecule has 2 aromatic heterocycles. The smallest absolute Gasteiger partial charge is 0.303 e. The fraction of sp³-hybridized carbons (Fsp3) is 0.235. The minimum Gasteiger partial charge on any atom is -0.485 e. The molecule has 0 saturated heterocycles. The number of hydrogen-bond acceptors (Lipinski definition) is 5. The maximum absolute atomic E-state index is 12.9. The first-order chi connectivity index (χ1) is 11.5. The molecule has 0 unspecified atom stereocenters. The lowest BCUT2D eigenvalue weighted by Crippen LogP contribution is -2.05. The van der Waals surface area contributed by atoms with Crippen LogP contribution in [0.2, 0.25) is 0 Å². The number of aromatic nitrogens is 3. The summed E-state index contributed by atoms with van der Waals surface area (Å²) in [5.74, 6) is -0.108. The molecule has 0 saturated carbocycles. The Morgan fingerprint density at radius 1 is 1.21 bits per heavy atom. The molecule has 0 aliphatic heterocycles. The van der Waals surface area contributed by atoms with Crippen LogP contribution in [-0.4, -0.2) is 20.6 Å². The third kappa shape index (κ3) is 3.34. The van der Waals surface area contributed by atoms with Crippen molar-refractivity contribution in [2.75, 3.05) is 0 Å². The average molecular weight is 329 g/mol. The summed E-state index contributed by atoms with van der Waals surface area (Å²) in [7, 11) is 0. The largest absolute Gasteiger partial charge is 0.485 e. The monoisotopic (exact) mass is 329 g/mol. The maximum atomic E-state index is 12.9. The van der Waals surface area contributed by atoms with Gasteiger partial charge in [-0.05, 0) is 24.6 Å². The van der Waals surface area contributed by atoms with E-state index in [2.05, 4.69) is 10.1 Å². The number of ether oxygens (including phenoxy) is 2. The fourth-order valence-corrected chi connectivity index (χ4v) is 2.27. The van der Waals surface area contributed by atoms with Crippen LogP contribution in [0.15, 0.2) is 36.5 Å². The summed E-state index contributed by atoms with van der Waals surface area (Å²) in [4.78, 5) is 15.5. The third-order valence-corrected chi connectivity index (χ3v) is 3.50. The summed E-state index contributed by atoms with van der Waals surface area (Å²) < 4.78 is 25.4. The molecule has 0 amide bonds. The Balaban J connectivity index is 1.84. The van der Waals surface area contributed by atoms with Crippen LogP contribution in [0, 0.1) is 12.7 Å². The Morgan fingerprint density at radius 2 is 1.96 bits per heavy atom. The Kier molecular flexibility index (Phi) is 4.41. The van der Waals surface area contributed by atoms with Crippen molar-refractivity contribution in [3.63, 3.8) is 0 Å². The summed E-state index contributed by atoms with van der Waals surface area (Å²) in [5, 5.41) is 4.24. The van der Waals surface area contributed by atoms with Crippen LogP contribution in [0.1, 0.15) is 23.9 Å². The van der Waals surface area contributed by atoms with Crippen molar-refractivity contribution in [2.24, 2.45) is 0 Å². The number of carbonyl (C=O) groups excluding carboxylic acids is 1. The quantitative estimate of drug-likeness (QED) is 0.674. The Bertz CT molecular complexity index is 875. The van der Waals surface area contributed by atoms with Gasteiger partial charge in [0.1, 0.15) is 24.7 Å². The summed E-state index contributed by atoms with van der Waals surface area (Å²) >= 11 is 0. The van der Waals surface area contributed by atoms with Crippen LogP contribution < -0.4 is 4.74 Å². The Hall–Kier alpha value is -2.96. The lowest BCUT2D eigenvalue weighted by molar-refractivity contribution is -0.142. The van der Waals surface area contributed by atoms with Gasteiger partial charge in [-0.1, -0.05) is 12.1 Å². The lowest BCUT2D eigenvalue weighted by Gasteiger charge is -2.08. The number of esters is 1. The summed E-state index contributed by atoms with van der Waals surface area (Å²) in [6.45, 7) is 3.54. The van der Waals surface area contributed by atoms with Crippen LogP contribution in [-0.2, 0) is 22.7 Å². The van der Waals surface area contributed by atoms with Gasteiger partial charge < -0.3 is 9.47 Å². The van der Waals surface area contributed by atoms with E-state index < -0.39 is 0 Å². The average Bonchev–Trinajstić information content (AvgIpc) is 2.88. The van der Waals surface area contributed by atoms with Crippen LogP contribution in [0.5, 0.6) is 5.75 Å². The molecule has 124 valence electrons. The zero-order chi connectivity index (χ0) is 17.1. The van der Waals surface area contributed by atoms with Crippen LogP contribution >= 0.6 is 0 Å². The Labute approximate surface area is 137 Å². The van der Waals surface area contributed by atoms with Crippen molar-refractivity contribution in [2.45, 2.75) is 27.1 Å². The number of carbonyl (C=O) groups is 1. The van der Waals surface area contributed by atoms with Gasteiger partial charge in [0, 0.05) is 13.0 Å². The maximum Gasteiger partial charge on any atom is 0.303 e. The van der Waals surface area contributed by atoms with Crippen LogP contribution in [0.25, 0.3) is 5.65 Å². The van der Waals surface area contributed by atoms with Crippen LogP contribution in [0.3, 0.4) is 0 Å². The molecule has 6 nitrogen and oxygen atoms in total. The molecule has 7 heteroatoms. The van der Waals surface area contributed by atoms with E-state index in [9.17, 15) is 9.18 Å². The topological polar surface area (TPSA) is 65.7 Å². The number of benzene rings is 1. The van der Waals surface area contributed by atoms with E-state index in [1.54, 1.807) is 28.9 Å².